The standard InChI is InChI=1S/C19H16F3NO5/c20-19(21,22)14-6-2-1-5-13(14)18(25)27-11-17(24)23-9-12-10-26-15-7-3-4-8-16(15)28-12/h1-8,12H,9-11H2,(H,23,24)/t12-/m1/s1. The third kappa shape index (κ3) is 4.73. The lowest BCUT2D eigenvalue weighted by Gasteiger charge is -2.26. The number of carbonyl (C=O) groups is 2. The Morgan fingerprint density at radius 1 is 1.07 bits per heavy atom. The summed E-state index contributed by atoms with van der Waals surface area (Å²) < 4.78 is 54.6. The summed E-state index contributed by atoms with van der Waals surface area (Å²) in [6.07, 6.45) is -5.15. The summed E-state index contributed by atoms with van der Waals surface area (Å²) >= 11 is 0. The molecule has 0 aliphatic carbocycles. The molecule has 0 fully saturated rings. The minimum atomic E-state index is -4.70. The minimum Gasteiger partial charge on any atom is -0.486 e. The number of halogens is 3. The highest BCUT2D eigenvalue weighted by Gasteiger charge is 2.35. The van der Waals surface area contributed by atoms with E-state index < -0.39 is 41.9 Å². The Balaban J connectivity index is 1.48. The van der Waals surface area contributed by atoms with Crippen molar-refractivity contribution < 1.29 is 37.0 Å². The molecule has 148 valence electrons. The first-order valence-electron chi connectivity index (χ1n) is 8.33. The minimum absolute atomic E-state index is 0.0872. The van der Waals surface area contributed by atoms with E-state index >= 15 is 0 Å². The molecule has 0 aromatic heterocycles. The van der Waals surface area contributed by atoms with Gasteiger partial charge in [-0.15, -0.1) is 0 Å². The number of hydrogen-bond acceptors (Lipinski definition) is 5. The van der Waals surface area contributed by atoms with Crippen LogP contribution < -0.4 is 14.8 Å². The molecule has 1 aliphatic rings. The van der Waals surface area contributed by atoms with Gasteiger partial charge in [-0.25, -0.2) is 4.79 Å². The summed E-state index contributed by atoms with van der Waals surface area (Å²) in [5.41, 5.74) is -1.77. The summed E-state index contributed by atoms with van der Waals surface area (Å²) in [6.45, 7) is -0.408. The highest BCUT2D eigenvalue weighted by Crippen LogP contribution is 2.32. The highest BCUT2D eigenvalue weighted by atomic mass is 19.4. The van der Waals surface area contributed by atoms with Crippen molar-refractivity contribution in [3.8, 4) is 11.5 Å². The van der Waals surface area contributed by atoms with E-state index in [0.717, 1.165) is 18.2 Å². The van der Waals surface area contributed by atoms with Crippen LogP contribution >= 0.6 is 0 Å². The second-order valence-corrected chi connectivity index (χ2v) is 5.92. The number of fused-ring (bicyclic) bond motifs is 1. The molecule has 2 aromatic carbocycles. The molecular weight excluding hydrogens is 379 g/mol. The van der Waals surface area contributed by atoms with Crippen molar-refractivity contribution in [2.45, 2.75) is 12.3 Å². The van der Waals surface area contributed by atoms with Crippen LogP contribution in [0.3, 0.4) is 0 Å². The maximum absolute atomic E-state index is 12.9. The fourth-order valence-corrected chi connectivity index (χ4v) is 2.56. The fourth-order valence-electron chi connectivity index (χ4n) is 2.56. The lowest BCUT2D eigenvalue weighted by atomic mass is 10.1. The van der Waals surface area contributed by atoms with Gasteiger partial charge in [-0.2, -0.15) is 13.2 Å². The van der Waals surface area contributed by atoms with Crippen LogP contribution in [0.4, 0.5) is 13.2 Å². The Bertz CT molecular complexity index is 869. The molecule has 0 bridgehead atoms. The Labute approximate surface area is 158 Å². The zero-order chi connectivity index (χ0) is 20.1. The first-order chi connectivity index (χ1) is 13.3. The molecule has 0 spiro atoms. The average Bonchev–Trinajstić information content (AvgIpc) is 2.69. The zero-order valence-electron chi connectivity index (χ0n) is 14.5. The van der Waals surface area contributed by atoms with Crippen molar-refractivity contribution >= 4 is 11.9 Å². The molecule has 1 heterocycles. The molecule has 6 nitrogen and oxygen atoms in total. The number of rotatable bonds is 5. The van der Waals surface area contributed by atoms with Gasteiger partial charge in [0.2, 0.25) is 0 Å². The molecule has 1 N–H and O–H groups in total. The van der Waals surface area contributed by atoms with Gasteiger partial charge in [0.05, 0.1) is 17.7 Å². The maximum Gasteiger partial charge on any atom is 0.417 e. The van der Waals surface area contributed by atoms with E-state index in [4.69, 9.17) is 14.2 Å². The van der Waals surface area contributed by atoms with Gasteiger partial charge in [-0.1, -0.05) is 24.3 Å². The van der Waals surface area contributed by atoms with Crippen LogP contribution in [0.1, 0.15) is 15.9 Å². The smallest absolute Gasteiger partial charge is 0.417 e. The molecule has 1 amide bonds. The molecule has 3 rings (SSSR count). The molecule has 2 aromatic rings. The summed E-state index contributed by atoms with van der Waals surface area (Å²) in [5.74, 6) is -0.750. The number of carbonyl (C=O) groups excluding carboxylic acids is 2. The maximum atomic E-state index is 12.9. The number of amides is 1. The Hall–Kier alpha value is -3.23. The number of ether oxygens (including phenoxy) is 3. The largest absolute Gasteiger partial charge is 0.486 e. The van der Waals surface area contributed by atoms with Gasteiger partial charge in [0.25, 0.3) is 5.91 Å². The summed E-state index contributed by atoms with van der Waals surface area (Å²) in [7, 11) is 0. The molecule has 0 radical (unpaired) electrons. The second-order valence-electron chi connectivity index (χ2n) is 5.92. The number of esters is 1. The molecular formula is C19H16F3NO5. The van der Waals surface area contributed by atoms with Crippen molar-refractivity contribution in [2.24, 2.45) is 0 Å². The van der Waals surface area contributed by atoms with Crippen LogP contribution in [0.5, 0.6) is 11.5 Å². The third-order valence-electron chi connectivity index (χ3n) is 3.88. The van der Waals surface area contributed by atoms with Gasteiger partial charge in [0.1, 0.15) is 12.7 Å². The fraction of sp³-hybridized carbons (Fsp3) is 0.263. The molecule has 0 saturated carbocycles. The van der Waals surface area contributed by atoms with Crippen LogP contribution in [0.25, 0.3) is 0 Å². The molecule has 1 atom stereocenters. The van der Waals surface area contributed by atoms with Crippen molar-refractivity contribution in [1.82, 2.24) is 5.32 Å². The van der Waals surface area contributed by atoms with E-state index in [0.29, 0.717) is 11.5 Å². The molecule has 0 unspecified atom stereocenters. The summed E-state index contributed by atoms with van der Waals surface area (Å²) in [6, 6.07) is 11.3. The molecule has 1 aliphatic heterocycles. The van der Waals surface area contributed by atoms with E-state index in [-0.39, 0.29) is 13.2 Å². The van der Waals surface area contributed by atoms with Crippen molar-refractivity contribution in [1.29, 1.82) is 0 Å². The van der Waals surface area contributed by atoms with Crippen LogP contribution in [0.2, 0.25) is 0 Å². The first-order valence-corrected chi connectivity index (χ1v) is 8.33. The topological polar surface area (TPSA) is 73.9 Å². The van der Waals surface area contributed by atoms with Crippen LogP contribution in [0.15, 0.2) is 48.5 Å². The van der Waals surface area contributed by atoms with E-state index in [1.54, 1.807) is 24.3 Å². The van der Waals surface area contributed by atoms with E-state index in [9.17, 15) is 22.8 Å². The van der Waals surface area contributed by atoms with Crippen LogP contribution in [-0.4, -0.2) is 37.7 Å². The van der Waals surface area contributed by atoms with Gasteiger partial charge >= 0.3 is 12.1 Å². The number of alkyl halides is 3. The second kappa shape index (κ2) is 8.20. The summed E-state index contributed by atoms with van der Waals surface area (Å²) in [5, 5.41) is 2.49. The number of nitrogens with one attached hydrogen (secondary N) is 1. The Morgan fingerprint density at radius 3 is 2.50 bits per heavy atom. The van der Waals surface area contributed by atoms with Gasteiger partial charge in [-0.05, 0) is 24.3 Å². The number of hydrogen-bond donors (Lipinski definition) is 1. The van der Waals surface area contributed by atoms with Crippen LogP contribution in [0, 0.1) is 0 Å². The predicted octanol–water partition coefficient (Wildman–Crippen LogP) is 2.82. The Kier molecular flexibility index (Phi) is 5.72. The normalized spacial score (nSPS) is 15.6. The number of benzene rings is 2. The van der Waals surface area contributed by atoms with Crippen molar-refractivity contribution in [3.05, 3.63) is 59.7 Å². The average molecular weight is 395 g/mol. The SMILES string of the molecule is O=C(COC(=O)c1ccccc1C(F)(F)F)NC[C@@H]1COc2ccccc2O1. The van der Waals surface area contributed by atoms with Gasteiger partial charge in [0, 0.05) is 0 Å². The Morgan fingerprint density at radius 2 is 1.75 bits per heavy atom. The van der Waals surface area contributed by atoms with E-state index in [1.165, 1.54) is 6.07 Å². The predicted molar refractivity (Wildman–Crippen MR) is 91.1 cm³/mol. The third-order valence-corrected chi connectivity index (χ3v) is 3.88. The van der Waals surface area contributed by atoms with Crippen molar-refractivity contribution in [3.63, 3.8) is 0 Å². The first kappa shape index (κ1) is 19.5. The van der Waals surface area contributed by atoms with Gasteiger partial charge in [-0.3, -0.25) is 4.79 Å². The summed E-state index contributed by atoms with van der Waals surface area (Å²) in [4.78, 5) is 23.8. The number of para-hydroxylation sites is 2. The van der Waals surface area contributed by atoms with Gasteiger partial charge in [0.15, 0.2) is 18.1 Å². The zero-order valence-corrected chi connectivity index (χ0v) is 14.5. The highest BCUT2D eigenvalue weighted by molar-refractivity contribution is 5.93. The monoisotopic (exact) mass is 395 g/mol. The molecule has 28 heavy (non-hydrogen) atoms. The molecule has 9 heteroatoms. The lowest BCUT2D eigenvalue weighted by Crippen LogP contribution is -2.42. The van der Waals surface area contributed by atoms with E-state index in [2.05, 4.69) is 5.32 Å². The van der Waals surface area contributed by atoms with Crippen LogP contribution in [-0.2, 0) is 15.7 Å². The van der Waals surface area contributed by atoms with Crippen molar-refractivity contribution in [2.75, 3.05) is 19.8 Å². The quantitative estimate of drug-likeness (QED) is 0.789. The van der Waals surface area contributed by atoms with E-state index in [1.807, 2.05) is 0 Å². The van der Waals surface area contributed by atoms with Gasteiger partial charge < -0.3 is 19.5 Å². The lowest BCUT2D eigenvalue weighted by molar-refractivity contribution is -0.138. The molecule has 0 saturated heterocycles.